The lowest BCUT2D eigenvalue weighted by molar-refractivity contribution is -0.112. The molecule has 0 saturated carbocycles. The van der Waals surface area contributed by atoms with Gasteiger partial charge in [-0.25, -0.2) is 4.99 Å². The largest absolute Gasteiger partial charge is 0.321 e. The molecule has 3 aromatic carbocycles. The second-order valence-electron chi connectivity index (χ2n) is 7.63. The monoisotopic (exact) mass is 454 g/mol. The summed E-state index contributed by atoms with van der Waals surface area (Å²) in [6.45, 7) is 3.86. The van der Waals surface area contributed by atoms with Gasteiger partial charge in [0, 0.05) is 27.4 Å². The Balaban J connectivity index is 1.69. The van der Waals surface area contributed by atoms with E-state index in [1.807, 2.05) is 38.1 Å². The van der Waals surface area contributed by atoms with Crippen LogP contribution in [-0.4, -0.2) is 17.6 Å². The van der Waals surface area contributed by atoms with Crippen LogP contribution in [0.1, 0.15) is 32.6 Å². The van der Waals surface area contributed by atoms with E-state index in [-0.39, 0.29) is 23.0 Å². The summed E-state index contributed by atoms with van der Waals surface area (Å²) in [7, 11) is 0. The second kappa shape index (κ2) is 9.11. The molecule has 0 unspecified atom stereocenters. The van der Waals surface area contributed by atoms with Gasteiger partial charge in [0.15, 0.2) is 0 Å². The van der Waals surface area contributed by atoms with Crippen molar-refractivity contribution in [2.75, 3.05) is 5.32 Å². The molecule has 2 amide bonds. The lowest BCUT2D eigenvalue weighted by Gasteiger charge is -2.08. The van der Waals surface area contributed by atoms with Crippen LogP contribution < -0.4 is 10.6 Å². The highest BCUT2D eigenvalue weighted by Crippen LogP contribution is 2.31. The lowest BCUT2D eigenvalue weighted by atomic mass is 10.0. The highest BCUT2D eigenvalue weighted by Gasteiger charge is 2.27. The maximum absolute atomic E-state index is 13.0. The Hall–Kier alpha value is -4.21. The summed E-state index contributed by atoms with van der Waals surface area (Å²) in [6, 6.07) is 21.2. The summed E-state index contributed by atoms with van der Waals surface area (Å²) < 4.78 is 0. The van der Waals surface area contributed by atoms with Crippen LogP contribution in [0.25, 0.3) is 5.70 Å². The van der Waals surface area contributed by atoms with Gasteiger partial charge in [0.1, 0.15) is 17.5 Å². The molecular weight excluding hydrogens is 436 g/mol. The third-order valence-corrected chi connectivity index (χ3v) is 5.31. The SMILES string of the molecule is Cc1cc(C)cc(NC(=O)/C(C#N)=C2\N=C(NC(=O)c3ccc(Cl)cc3)c3ccccc32)c1. The molecule has 1 aliphatic heterocycles. The van der Waals surface area contributed by atoms with E-state index in [0.29, 0.717) is 27.4 Å². The number of fused-ring (bicyclic) bond motifs is 1. The molecule has 0 aliphatic carbocycles. The maximum atomic E-state index is 13.0. The minimum absolute atomic E-state index is 0.141. The highest BCUT2D eigenvalue weighted by atomic mass is 35.5. The molecule has 1 aliphatic rings. The van der Waals surface area contributed by atoms with Crippen molar-refractivity contribution in [2.24, 2.45) is 4.99 Å². The number of nitrogens with one attached hydrogen (secondary N) is 2. The number of rotatable bonds is 3. The Morgan fingerprint density at radius 2 is 1.55 bits per heavy atom. The molecule has 1 heterocycles. The van der Waals surface area contributed by atoms with Gasteiger partial charge in [0.25, 0.3) is 11.8 Å². The second-order valence-corrected chi connectivity index (χ2v) is 8.07. The predicted molar refractivity (Wildman–Crippen MR) is 129 cm³/mol. The molecule has 33 heavy (non-hydrogen) atoms. The van der Waals surface area contributed by atoms with Crippen molar-refractivity contribution in [3.63, 3.8) is 0 Å². The van der Waals surface area contributed by atoms with Crippen molar-refractivity contribution in [2.45, 2.75) is 13.8 Å². The zero-order chi connectivity index (χ0) is 23.5. The average Bonchev–Trinajstić information content (AvgIpc) is 3.12. The zero-order valence-corrected chi connectivity index (χ0v) is 18.7. The Morgan fingerprint density at radius 3 is 2.18 bits per heavy atom. The van der Waals surface area contributed by atoms with Crippen LogP contribution >= 0.6 is 11.6 Å². The first-order valence-corrected chi connectivity index (χ1v) is 10.5. The summed E-state index contributed by atoms with van der Waals surface area (Å²) >= 11 is 5.90. The molecule has 6 nitrogen and oxygen atoms in total. The van der Waals surface area contributed by atoms with Gasteiger partial charge in [-0.05, 0) is 61.4 Å². The number of hydrogen-bond donors (Lipinski definition) is 2. The molecule has 2 N–H and O–H groups in total. The number of carbonyl (C=O) groups is 2. The average molecular weight is 455 g/mol. The molecule has 0 radical (unpaired) electrons. The summed E-state index contributed by atoms with van der Waals surface area (Å²) in [5.41, 5.74) is 4.28. The molecule has 0 bridgehead atoms. The smallest absolute Gasteiger partial charge is 0.268 e. The quantitative estimate of drug-likeness (QED) is 0.429. The van der Waals surface area contributed by atoms with Crippen molar-refractivity contribution >= 4 is 40.6 Å². The normalized spacial score (nSPS) is 13.5. The Bertz CT molecular complexity index is 1360. The molecule has 7 heteroatoms. The number of aliphatic imine (C=N–C) groups is 1. The number of amides is 2. The molecule has 0 atom stereocenters. The fourth-order valence-corrected chi connectivity index (χ4v) is 3.77. The summed E-state index contributed by atoms with van der Waals surface area (Å²) in [5.74, 6) is -0.673. The summed E-state index contributed by atoms with van der Waals surface area (Å²) in [6.07, 6.45) is 0. The zero-order valence-electron chi connectivity index (χ0n) is 17.9. The molecule has 3 aromatic rings. The number of carbonyl (C=O) groups excluding carboxylic acids is 2. The number of benzene rings is 3. The van der Waals surface area contributed by atoms with E-state index < -0.39 is 5.91 Å². The van der Waals surface area contributed by atoms with Crippen molar-refractivity contribution in [3.05, 3.63) is 105 Å². The minimum Gasteiger partial charge on any atom is -0.321 e. The van der Waals surface area contributed by atoms with Crippen LogP contribution in [0, 0.1) is 25.2 Å². The van der Waals surface area contributed by atoms with E-state index >= 15 is 0 Å². The van der Waals surface area contributed by atoms with Gasteiger partial charge in [-0.15, -0.1) is 0 Å². The molecule has 162 valence electrons. The van der Waals surface area contributed by atoms with E-state index in [9.17, 15) is 14.9 Å². The van der Waals surface area contributed by atoms with Gasteiger partial charge < -0.3 is 10.6 Å². The lowest BCUT2D eigenvalue weighted by Crippen LogP contribution is -2.30. The fourth-order valence-electron chi connectivity index (χ4n) is 3.65. The summed E-state index contributed by atoms with van der Waals surface area (Å²) in [5, 5.41) is 15.9. The van der Waals surface area contributed by atoms with Gasteiger partial charge in [0.05, 0.1) is 5.70 Å². The van der Waals surface area contributed by atoms with Crippen LogP contribution in [0.15, 0.2) is 77.3 Å². The van der Waals surface area contributed by atoms with Crippen molar-refractivity contribution in [1.29, 1.82) is 5.26 Å². The Morgan fingerprint density at radius 1 is 0.909 bits per heavy atom. The topological polar surface area (TPSA) is 94.3 Å². The number of hydrogen-bond acceptors (Lipinski definition) is 4. The van der Waals surface area contributed by atoms with Crippen LogP contribution in [0.5, 0.6) is 0 Å². The molecule has 4 rings (SSSR count). The molecule has 0 aromatic heterocycles. The van der Waals surface area contributed by atoms with Crippen molar-refractivity contribution < 1.29 is 9.59 Å². The van der Waals surface area contributed by atoms with Gasteiger partial charge in [-0.2, -0.15) is 5.26 Å². The minimum atomic E-state index is -0.568. The number of aryl methyl sites for hydroxylation is 2. The number of halogens is 1. The summed E-state index contributed by atoms with van der Waals surface area (Å²) in [4.78, 5) is 30.2. The van der Waals surface area contributed by atoms with Gasteiger partial charge >= 0.3 is 0 Å². The van der Waals surface area contributed by atoms with Crippen LogP contribution in [-0.2, 0) is 4.79 Å². The molecular formula is C26H19ClN4O2. The first kappa shape index (κ1) is 22.0. The Labute approximate surface area is 196 Å². The molecule has 0 spiro atoms. The number of anilines is 1. The molecule has 0 fully saturated rings. The van der Waals surface area contributed by atoms with E-state index in [2.05, 4.69) is 15.6 Å². The number of nitriles is 1. The van der Waals surface area contributed by atoms with Crippen molar-refractivity contribution in [3.8, 4) is 6.07 Å². The van der Waals surface area contributed by atoms with Gasteiger partial charge in [0.2, 0.25) is 0 Å². The molecule has 0 saturated heterocycles. The van der Waals surface area contributed by atoms with Crippen LogP contribution in [0.4, 0.5) is 5.69 Å². The predicted octanol–water partition coefficient (Wildman–Crippen LogP) is 5.02. The third-order valence-electron chi connectivity index (χ3n) is 5.05. The van der Waals surface area contributed by atoms with Crippen LogP contribution in [0.2, 0.25) is 5.02 Å². The van der Waals surface area contributed by atoms with Crippen LogP contribution in [0.3, 0.4) is 0 Å². The fraction of sp³-hybridized carbons (Fsp3) is 0.0769. The maximum Gasteiger partial charge on any atom is 0.268 e. The van der Waals surface area contributed by atoms with Crippen molar-refractivity contribution in [1.82, 2.24) is 5.32 Å². The first-order valence-electron chi connectivity index (χ1n) is 10.1. The van der Waals surface area contributed by atoms with E-state index in [1.54, 1.807) is 48.5 Å². The first-order chi connectivity index (χ1) is 15.9. The third kappa shape index (κ3) is 4.69. The number of nitrogens with zero attached hydrogens (tertiary/aromatic N) is 2. The van der Waals surface area contributed by atoms with E-state index in [4.69, 9.17) is 11.6 Å². The van der Waals surface area contributed by atoms with Gasteiger partial charge in [-0.1, -0.05) is 41.9 Å². The Kier molecular flexibility index (Phi) is 6.07. The van der Waals surface area contributed by atoms with E-state index in [1.165, 1.54) is 0 Å². The highest BCUT2D eigenvalue weighted by molar-refractivity contribution is 6.30. The van der Waals surface area contributed by atoms with Gasteiger partial charge in [-0.3, -0.25) is 9.59 Å². The van der Waals surface area contributed by atoms with E-state index in [0.717, 1.165) is 11.1 Å². The number of amidine groups is 1. The standard InChI is InChI=1S/C26H19ClN4O2/c1-15-11-16(2)13-19(12-15)29-26(33)22(14-28)23-20-5-3-4-6-21(20)24(30-23)31-25(32)17-7-9-18(27)10-8-17/h3-13H,1-2H3,(H,29,33)(H,30,31,32)/b23-22-.